The minimum atomic E-state index is 0.763. The van der Waals surface area contributed by atoms with E-state index in [0.717, 1.165) is 18.8 Å². The fourth-order valence-electron chi connectivity index (χ4n) is 0.472. The SMILES string of the molecule is C=C1[CH]OCCN1. The number of hydrogen-bond donors (Lipinski definition) is 1. The number of hydrogen-bond acceptors (Lipinski definition) is 2. The zero-order valence-electron chi connectivity index (χ0n) is 4.11. The van der Waals surface area contributed by atoms with Gasteiger partial charge in [0.1, 0.15) is 6.61 Å². The fraction of sp³-hybridized carbons (Fsp3) is 0.400. The van der Waals surface area contributed by atoms with E-state index < -0.39 is 0 Å². The third-order valence-corrected chi connectivity index (χ3v) is 0.798. The van der Waals surface area contributed by atoms with Gasteiger partial charge < -0.3 is 10.1 Å². The van der Waals surface area contributed by atoms with Gasteiger partial charge in [-0.3, -0.25) is 0 Å². The fourth-order valence-corrected chi connectivity index (χ4v) is 0.472. The highest BCUT2D eigenvalue weighted by Gasteiger charge is 1.99. The molecule has 2 heteroatoms. The molecule has 0 unspecified atom stereocenters. The average molecular weight is 98.1 g/mol. The predicted octanol–water partition coefficient (Wildman–Crippen LogP) is 0.282. The minimum Gasteiger partial charge on any atom is -0.384 e. The summed E-state index contributed by atoms with van der Waals surface area (Å²) in [4.78, 5) is 0. The number of morpholine rings is 1. The van der Waals surface area contributed by atoms with Crippen molar-refractivity contribution in [3.8, 4) is 0 Å². The van der Waals surface area contributed by atoms with E-state index in [0.29, 0.717) is 0 Å². The van der Waals surface area contributed by atoms with Crippen molar-refractivity contribution < 1.29 is 4.74 Å². The summed E-state index contributed by atoms with van der Waals surface area (Å²) < 4.78 is 4.89. The Hall–Kier alpha value is -0.500. The molecular formula is C5H8NO. The van der Waals surface area contributed by atoms with Crippen molar-refractivity contribution in [2.24, 2.45) is 0 Å². The first kappa shape index (κ1) is 4.65. The van der Waals surface area contributed by atoms with Gasteiger partial charge in [-0.2, -0.15) is 0 Å². The van der Waals surface area contributed by atoms with E-state index in [9.17, 15) is 0 Å². The van der Waals surface area contributed by atoms with E-state index in [1.807, 2.05) is 0 Å². The molecule has 0 spiro atoms. The summed E-state index contributed by atoms with van der Waals surface area (Å²) in [7, 11) is 0. The van der Waals surface area contributed by atoms with Gasteiger partial charge in [0.05, 0.1) is 6.61 Å². The molecule has 1 fully saturated rings. The lowest BCUT2D eigenvalue weighted by Gasteiger charge is -2.14. The summed E-state index contributed by atoms with van der Waals surface area (Å²) in [6, 6.07) is 0. The van der Waals surface area contributed by atoms with Gasteiger partial charge in [0, 0.05) is 12.2 Å². The van der Waals surface area contributed by atoms with E-state index >= 15 is 0 Å². The molecule has 1 radical (unpaired) electrons. The highest BCUT2D eigenvalue weighted by Crippen LogP contribution is 1.96. The topological polar surface area (TPSA) is 21.3 Å². The number of ether oxygens (including phenoxy) is 1. The molecule has 0 aliphatic carbocycles. The van der Waals surface area contributed by atoms with Crippen molar-refractivity contribution in [2.45, 2.75) is 0 Å². The van der Waals surface area contributed by atoms with Crippen LogP contribution in [0, 0.1) is 6.61 Å². The molecule has 0 atom stereocenters. The van der Waals surface area contributed by atoms with Crippen molar-refractivity contribution in [2.75, 3.05) is 13.2 Å². The van der Waals surface area contributed by atoms with Gasteiger partial charge in [-0.05, 0) is 0 Å². The predicted molar refractivity (Wildman–Crippen MR) is 27.4 cm³/mol. The van der Waals surface area contributed by atoms with E-state index in [1.54, 1.807) is 6.61 Å². The molecule has 0 aromatic carbocycles. The lowest BCUT2D eigenvalue weighted by Crippen LogP contribution is -2.24. The molecule has 1 rings (SSSR count). The molecule has 39 valence electrons. The van der Waals surface area contributed by atoms with Crippen LogP contribution >= 0.6 is 0 Å². The lowest BCUT2D eigenvalue weighted by molar-refractivity contribution is 0.188. The zero-order valence-corrected chi connectivity index (χ0v) is 4.11. The van der Waals surface area contributed by atoms with Crippen molar-refractivity contribution in [3.05, 3.63) is 18.9 Å². The quantitative estimate of drug-likeness (QED) is 0.470. The van der Waals surface area contributed by atoms with Gasteiger partial charge >= 0.3 is 0 Å². The Kier molecular flexibility index (Phi) is 1.32. The molecule has 0 aromatic rings. The van der Waals surface area contributed by atoms with E-state index in [-0.39, 0.29) is 0 Å². The smallest absolute Gasteiger partial charge is 0.128 e. The molecule has 1 N–H and O–H groups in total. The molecule has 0 aromatic heterocycles. The van der Waals surface area contributed by atoms with Crippen LogP contribution in [-0.2, 0) is 4.74 Å². The first-order valence-corrected chi connectivity index (χ1v) is 2.27. The Balaban J connectivity index is 2.25. The van der Waals surface area contributed by atoms with Crippen LogP contribution in [0.25, 0.3) is 0 Å². The van der Waals surface area contributed by atoms with Crippen molar-refractivity contribution in [3.63, 3.8) is 0 Å². The maximum absolute atomic E-state index is 4.89. The van der Waals surface area contributed by atoms with Crippen LogP contribution in [-0.4, -0.2) is 13.2 Å². The Bertz CT molecular complexity index is 72.1. The molecule has 0 amide bonds. The second kappa shape index (κ2) is 1.98. The van der Waals surface area contributed by atoms with Crippen molar-refractivity contribution in [1.82, 2.24) is 5.32 Å². The van der Waals surface area contributed by atoms with Crippen LogP contribution in [0.1, 0.15) is 0 Å². The van der Waals surface area contributed by atoms with Crippen molar-refractivity contribution >= 4 is 0 Å². The summed E-state index contributed by atoms with van der Waals surface area (Å²) in [5.74, 6) is 0. The molecular weight excluding hydrogens is 90.1 g/mol. The zero-order chi connectivity index (χ0) is 5.11. The largest absolute Gasteiger partial charge is 0.384 e. The lowest BCUT2D eigenvalue weighted by atomic mass is 10.4. The maximum Gasteiger partial charge on any atom is 0.128 e. The first-order chi connectivity index (χ1) is 3.39. The summed E-state index contributed by atoms with van der Waals surface area (Å²) in [6.45, 7) is 6.90. The normalized spacial score (nSPS) is 21.4. The summed E-state index contributed by atoms with van der Waals surface area (Å²) in [6.07, 6.45) is 0. The van der Waals surface area contributed by atoms with Crippen LogP contribution in [0.3, 0.4) is 0 Å². The Morgan fingerprint density at radius 2 is 2.71 bits per heavy atom. The van der Waals surface area contributed by atoms with Gasteiger partial charge in [0.25, 0.3) is 0 Å². The highest BCUT2D eigenvalue weighted by atomic mass is 16.5. The minimum absolute atomic E-state index is 0.763. The van der Waals surface area contributed by atoms with Crippen LogP contribution < -0.4 is 5.32 Å². The highest BCUT2D eigenvalue weighted by molar-refractivity contribution is 5.01. The summed E-state index contributed by atoms with van der Waals surface area (Å²) >= 11 is 0. The van der Waals surface area contributed by atoms with Gasteiger partial charge in [-0.1, -0.05) is 6.58 Å². The molecule has 7 heavy (non-hydrogen) atoms. The van der Waals surface area contributed by atoms with Gasteiger partial charge in [-0.25, -0.2) is 0 Å². The standard InChI is InChI=1S/C5H8NO/c1-5-4-7-3-2-6-5/h4,6H,1-3H2. The van der Waals surface area contributed by atoms with Crippen molar-refractivity contribution in [1.29, 1.82) is 0 Å². The first-order valence-electron chi connectivity index (χ1n) is 2.27. The molecule has 0 bridgehead atoms. The van der Waals surface area contributed by atoms with Crippen LogP contribution in [0.5, 0.6) is 0 Å². The average Bonchev–Trinajstić information content (AvgIpc) is 1.69. The molecule has 1 aliphatic rings. The second-order valence-electron chi connectivity index (χ2n) is 1.44. The Morgan fingerprint density at radius 3 is 3.00 bits per heavy atom. The van der Waals surface area contributed by atoms with Crippen LogP contribution in [0.2, 0.25) is 0 Å². The molecule has 1 aliphatic heterocycles. The monoisotopic (exact) mass is 98.1 g/mol. The number of nitrogens with one attached hydrogen (secondary N) is 1. The third kappa shape index (κ3) is 1.20. The van der Waals surface area contributed by atoms with Gasteiger partial charge in [0.2, 0.25) is 0 Å². The van der Waals surface area contributed by atoms with Crippen LogP contribution in [0.4, 0.5) is 0 Å². The molecule has 1 saturated heterocycles. The van der Waals surface area contributed by atoms with Crippen LogP contribution in [0.15, 0.2) is 12.3 Å². The number of rotatable bonds is 0. The van der Waals surface area contributed by atoms with Gasteiger partial charge in [-0.15, -0.1) is 0 Å². The molecule has 1 heterocycles. The van der Waals surface area contributed by atoms with E-state index in [2.05, 4.69) is 11.9 Å². The summed E-state index contributed by atoms with van der Waals surface area (Å²) in [5.41, 5.74) is 0.867. The van der Waals surface area contributed by atoms with Gasteiger partial charge in [0.15, 0.2) is 0 Å². The van der Waals surface area contributed by atoms with E-state index in [4.69, 9.17) is 4.74 Å². The maximum atomic E-state index is 4.89. The Labute approximate surface area is 43.2 Å². The van der Waals surface area contributed by atoms with E-state index in [1.165, 1.54) is 0 Å². The second-order valence-corrected chi connectivity index (χ2v) is 1.44. The Morgan fingerprint density at radius 1 is 1.86 bits per heavy atom. The third-order valence-electron chi connectivity index (χ3n) is 0.798. The molecule has 0 saturated carbocycles. The molecule has 2 nitrogen and oxygen atoms in total. The summed E-state index contributed by atoms with van der Waals surface area (Å²) in [5, 5.41) is 3.01.